The van der Waals surface area contributed by atoms with Crippen LogP contribution in [0.4, 0.5) is 26.3 Å². The first-order valence-corrected chi connectivity index (χ1v) is 6.22. The van der Waals surface area contributed by atoms with Crippen LogP contribution in [-0.4, -0.2) is 9.97 Å². The van der Waals surface area contributed by atoms with Crippen molar-refractivity contribution in [2.45, 2.75) is 18.4 Å². The molecule has 2 heterocycles. The molecule has 2 rings (SSSR count). The molecule has 114 valence electrons. The highest BCUT2D eigenvalue weighted by molar-refractivity contribution is 7.11. The molecular weight excluding hydrogens is 320 g/mol. The van der Waals surface area contributed by atoms with Gasteiger partial charge in [-0.2, -0.15) is 26.3 Å². The van der Waals surface area contributed by atoms with Crippen LogP contribution in [0.15, 0.2) is 24.5 Å². The number of hydrogen-bond donors (Lipinski definition) is 1. The molecule has 0 amide bonds. The van der Waals surface area contributed by atoms with E-state index in [1.165, 1.54) is 0 Å². The van der Waals surface area contributed by atoms with E-state index in [1.807, 2.05) is 0 Å². The Morgan fingerprint density at radius 3 is 2.05 bits per heavy atom. The standard InChI is InChI=1S/C11H7F6N3S/c12-10(13,14)5-1-2-6(19-3-5)8(18)7-4-20-9(21-7)11(15,16)17/h1-4,8H,18H2. The number of halogens is 6. The van der Waals surface area contributed by atoms with Crippen molar-refractivity contribution in [2.75, 3.05) is 0 Å². The van der Waals surface area contributed by atoms with Crippen LogP contribution < -0.4 is 5.73 Å². The van der Waals surface area contributed by atoms with E-state index in [9.17, 15) is 26.3 Å². The second-order valence-corrected chi connectivity index (χ2v) is 5.07. The Hall–Kier alpha value is -1.68. The molecule has 21 heavy (non-hydrogen) atoms. The second-order valence-electron chi connectivity index (χ2n) is 4.01. The van der Waals surface area contributed by atoms with Gasteiger partial charge < -0.3 is 5.73 Å². The largest absolute Gasteiger partial charge is 0.443 e. The summed E-state index contributed by atoms with van der Waals surface area (Å²) in [6.07, 6.45) is -7.60. The molecule has 0 fully saturated rings. The Kier molecular flexibility index (Phi) is 3.93. The number of pyridine rings is 1. The van der Waals surface area contributed by atoms with E-state index in [0.29, 0.717) is 17.5 Å². The third-order valence-electron chi connectivity index (χ3n) is 2.50. The Morgan fingerprint density at radius 1 is 0.952 bits per heavy atom. The molecule has 0 radical (unpaired) electrons. The molecule has 0 saturated heterocycles. The van der Waals surface area contributed by atoms with Crippen LogP contribution in [0.2, 0.25) is 0 Å². The molecular formula is C11H7F6N3S. The minimum Gasteiger partial charge on any atom is -0.318 e. The predicted molar refractivity (Wildman–Crippen MR) is 62.4 cm³/mol. The lowest BCUT2D eigenvalue weighted by Crippen LogP contribution is -2.13. The van der Waals surface area contributed by atoms with Gasteiger partial charge in [0.05, 0.1) is 17.3 Å². The van der Waals surface area contributed by atoms with E-state index in [0.717, 1.165) is 18.3 Å². The predicted octanol–water partition coefficient (Wildman–Crippen LogP) is 3.62. The average molecular weight is 327 g/mol. The molecule has 0 saturated carbocycles. The molecule has 1 unspecified atom stereocenters. The van der Waals surface area contributed by atoms with Crippen molar-refractivity contribution in [2.24, 2.45) is 5.73 Å². The van der Waals surface area contributed by atoms with Crippen molar-refractivity contribution in [3.63, 3.8) is 0 Å². The SMILES string of the molecule is NC(c1ccc(C(F)(F)F)cn1)c1cnc(C(F)(F)F)s1. The Labute approximate surface area is 118 Å². The molecule has 0 aliphatic carbocycles. The van der Waals surface area contributed by atoms with Gasteiger partial charge in [0.15, 0.2) is 5.01 Å². The number of nitrogens with two attached hydrogens (primary N) is 1. The summed E-state index contributed by atoms with van der Waals surface area (Å²) in [6, 6.07) is 0.731. The lowest BCUT2D eigenvalue weighted by Gasteiger charge is -2.10. The summed E-state index contributed by atoms with van der Waals surface area (Å²) in [5.41, 5.74) is 4.76. The highest BCUT2D eigenvalue weighted by Gasteiger charge is 2.35. The van der Waals surface area contributed by atoms with Crippen LogP contribution in [0.25, 0.3) is 0 Å². The third kappa shape index (κ3) is 3.50. The first-order valence-electron chi connectivity index (χ1n) is 5.40. The molecule has 0 bridgehead atoms. The quantitative estimate of drug-likeness (QED) is 0.857. The highest BCUT2D eigenvalue weighted by Crippen LogP contribution is 2.35. The van der Waals surface area contributed by atoms with Crippen molar-refractivity contribution >= 4 is 11.3 Å². The van der Waals surface area contributed by atoms with E-state index in [2.05, 4.69) is 9.97 Å². The van der Waals surface area contributed by atoms with Crippen LogP contribution in [0.3, 0.4) is 0 Å². The van der Waals surface area contributed by atoms with Gasteiger partial charge in [0.2, 0.25) is 0 Å². The zero-order chi connectivity index (χ0) is 15.8. The summed E-state index contributed by atoms with van der Waals surface area (Å²) in [7, 11) is 0. The average Bonchev–Trinajstić information content (AvgIpc) is 2.86. The van der Waals surface area contributed by atoms with Crippen molar-refractivity contribution in [1.82, 2.24) is 9.97 Å². The molecule has 1 atom stereocenters. The van der Waals surface area contributed by atoms with Crippen molar-refractivity contribution < 1.29 is 26.3 Å². The van der Waals surface area contributed by atoms with Crippen LogP contribution in [0.5, 0.6) is 0 Å². The second kappa shape index (κ2) is 5.26. The zero-order valence-electron chi connectivity index (χ0n) is 10.0. The summed E-state index contributed by atoms with van der Waals surface area (Å²) in [6.45, 7) is 0. The normalized spacial score (nSPS) is 14.2. The van der Waals surface area contributed by atoms with Crippen LogP contribution in [-0.2, 0) is 12.4 Å². The molecule has 0 aliphatic heterocycles. The molecule has 2 aromatic heterocycles. The highest BCUT2D eigenvalue weighted by atomic mass is 32.1. The van der Waals surface area contributed by atoms with Gasteiger partial charge in [-0.1, -0.05) is 0 Å². The molecule has 2 N–H and O–H groups in total. The topological polar surface area (TPSA) is 51.8 Å². The number of thiazole rings is 1. The van der Waals surface area contributed by atoms with Gasteiger partial charge in [0.1, 0.15) is 0 Å². The van der Waals surface area contributed by atoms with Gasteiger partial charge in [-0.15, -0.1) is 11.3 Å². The van der Waals surface area contributed by atoms with Crippen LogP contribution in [0.1, 0.15) is 27.2 Å². The lowest BCUT2D eigenvalue weighted by atomic mass is 10.1. The Bertz CT molecular complexity index is 616. The Morgan fingerprint density at radius 2 is 1.62 bits per heavy atom. The van der Waals surface area contributed by atoms with Gasteiger partial charge >= 0.3 is 12.4 Å². The summed E-state index contributed by atoms with van der Waals surface area (Å²) >= 11 is 0.329. The monoisotopic (exact) mass is 327 g/mol. The Balaban J connectivity index is 2.24. The number of alkyl halides is 6. The first kappa shape index (κ1) is 15.7. The maximum absolute atomic E-state index is 12.4. The maximum atomic E-state index is 12.4. The van der Waals surface area contributed by atoms with E-state index in [-0.39, 0.29) is 10.6 Å². The molecule has 0 aliphatic rings. The lowest BCUT2D eigenvalue weighted by molar-refractivity contribution is -0.138. The fourth-order valence-corrected chi connectivity index (χ4v) is 2.26. The van der Waals surface area contributed by atoms with Crippen molar-refractivity contribution in [1.29, 1.82) is 0 Å². The van der Waals surface area contributed by atoms with E-state index < -0.39 is 29.0 Å². The molecule has 0 spiro atoms. The van der Waals surface area contributed by atoms with E-state index in [4.69, 9.17) is 5.73 Å². The van der Waals surface area contributed by atoms with Gasteiger partial charge in [0.25, 0.3) is 0 Å². The molecule has 0 aromatic carbocycles. The van der Waals surface area contributed by atoms with Crippen molar-refractivity contribution in [3.8, 4) is 0 Å². The molecule has 10 heteroatoms. The van der Waals surface area contributed by atoms with E-state index in [1.54, 1.807) is 0 Å². The summed E-state index contributed by atoms with van der Waals surface area (Å²) < 4.78 is 74.4. The van der Waals surface area contributed by atoms with Gasteiger partial charge in [-0.05, 0) is 12.1 Å². The number of nitrogens with zero attached hydrogens (tertiary/aromatic N) is 2. The van der Waals surface area contributed by atoms with Crippen LogP contribution in [0, 0.1) is 0 Å². The summed E-state index contributed by atoms with van der Waals surface area (Å²) in [4.78, 5) is 6.81. The smallest absolute Gasteiger partial charge is 0.318 e. The summed E-state index contributed by atoms with van der Waals surface area (Å²) in [5.74, 6) is 0. The molecule has 2 aromatic rings. The number of rotatable bonds is 2. The van der Waals surface area contributed by atoms with E-state index >= 15 is 0 Å². The minimum absolute atomic E-state index is 0.0281. The fraction of sp³-hybridized carbons (Fsp3) is 0.273. The molecule has 3 nitrogen and oxygen atoms in total. The van der Waals surface area contributed by atoms with Gasteiger partial charge in [-0.25, -0.2) is 4.98 Å². The van der Waals surface area contributed by atoms with Gasteiger partial charge in [-0.3, -0.25) is 4.98 Å². The number of aromatic nitrogens is 2. The fourth-order valence-electron chi connectivity index (χ4n) is 1.46. The summed E-state index contributed by atoms with van der Waals surface area (Å²) in [5, 5.41) is -1.07. The zero-order valence-corrected chi connectivity index (χ0v) is 10.9. The number of hydrogen-bond acceptors (Lipinski definition) is 4. The van der Waals surface area contributed by atoms with Crippen molar-refractivity contribution in [3.05, 3.63) is 45.7 Å². The maximum Gasteiger partial charge on any atom is 0.443 e. The van der Waals surface area contributed by atoms with Gasteiger partial charge in [0, 0.05) is 17.3 Å². The minimum atomic E-state index is -4.59. The van der Waals surface area contributed by atoms with Crippen LogP contribution >= 0.6 is 11.3 Å². The first-order chi connectivity index (χ1) is 9.59. The third-order valence-corrected chi connectivity index (χ3v) is 3.63.